The van der Waals surface area contributed by atoms with E-state index in [4.69, 9.17) is 9.47 Å². The zero-order valence-corrected chi connectivity index (χ0v) is 16.0. The van der Waals surface area contributed by atoms with Crippen molar-refractivity contribution in [3.63, 3.8) is 0 Å². The van der Waals surface area contributed by atoms with Crippen molar-refractivity contribution in [2.24, 2.45) is 0 Å². The number of benzene rings is 1. The molecule has 26 heavy (non-hydrogen) atoms. The van der Waals surface area contributed by atoms with Crippen molar-refractivity contribution in [3.8, 4) is 11.5 Å². The van der Waals surface area contributed by atoms with Crippen LogP contribution in [-0.4, -0.2) is 43.7 Å². The van der Waals surface area contributed by atoms with Gasteiger partial charge in [0.05, 0.1) is 6.61 Å². The second kappa shape index (κ2) is 9.59. The molecule has 0 aliphatic carbocycles. The maximum atomic E-state index is 11.9. The molecule has 1 aliphatic heterocycles. The zero-order chi connectivity index (χ0) is 18.2. The van der Waals surface area contributed by atoms with E-state index >= 15 is 0 Å². The maximum Gasteiger partial charge on any atom is 0.257 e. The van der Waals surface area contributed by atoms with Crippen LogP contribution in [-0.2, 0) is 17.8 Å². The maximum absolute atomic E-state index is 11.9. The van der Waals surface area contributed by atoms with Crippen LogP contribution >= 0.6 is 11.3 Å². The molecule has 6 heteroatoms. The van der Waals surface area contributed by atoms with Crippen LogP contribution in [0.2, 0.25) is 0 Å². The molecule has 2 heterocycles. The summed E-state index contributed by atoms with van der Waals surface area (Å²) in [5, 5.41) is 5.09. The summed E-state index contributed by atoms with van der Waals surface area (Å²) < 4.78 is 11.1. The number of nitrogens with one attached hydrogen (secondary N) is 1. The first kappa shape index (κ1) is 18.7. The van der Waals surface area contributed by atoms with E-state index in [2.05, 4.69) is 28.6 Å². The first-order chi connectivity index (χ1) is 12.7. The Hall–Kier alpha value is -2.05. The predicted octanol–water partition coefficient (Wildman–Crippen LogP) is 3.09. The Kier molecular flexibility index (Phi) is 6.91. The molecule has 1 aromatic heterocycles. The third kappa shape index (κ3) is 5.47. The summed E-state index contributed by atoms with van der Waals surface area (Å²) in [5.74, 6) is 1.40. The van der Waals surface area contributed by atoms with Gasteiger partial charge in [-0.05, 0) is 54.1 Å². The highest BCUT2D eigenvalue weighted by Crippen LogP contribution is 2.23. The quantitative estimate of drug-likeness (QED) is 0.733. The Morgan fingerprint density at radius 3 is 2.73 bits per heavy atom. The molecule has 0 bridgehead atoms. The highest BCUT2D eigenvalue weighted by Gasteiger charge is 2.16. The molecule has 1 aliphatic rings. The number of nitrogens with zero attached hydrogens (tertiary/aromatic N) is 1. The minimum absolute atomic E-state index is 0.0316. The molecule has 2 aromatic rings. The lowest BCUT2D eigenvalue weighted by molar-refractivity contribution is -0.123. The minimum atomic E-state index is -0.0930. The van der Waals surface area contributed by atoms with E-state index in [1.54, 1.807) is 0 Å². The monoisotopic (exact) mass is 374 g/mol. The normalized spacial score (nSPS) is 13.9. The number of rotatable bonds is 9. The largest absolute Gasteiger partial charge is 0.494 e. The molecule has 5 nitrogen and oxygen atoms in total. The molecule has 0 atom stereocenters. The summed E-state index contributed by atoms with van der Waals surface area (Å²) >= 11 is 1.84. The number of hydrogen-bond donors (Lipinski definition) is 1. The van der Waals surface area contributed by atoms with Crippen molar-refractivity contribution >= 4 is 17.2 Å². The SMILES string of the molecule is CCCOc1ccc(OCC(=O)NCCN2CCc3sccc3C2)cc1. The van der Waals surface area contributed by atoms with Crippen LogP contribution in [0.4, 0.5) is 0 Å². The fourth-order valence-electron chi connectivity index (χ4n) is 2.90. The molecule has 0 saturated carbocycles. The first-order valence-corrected chi connectivity index (χ1v) is 10.0. The summed E-state index contributed by atoms with van der Waals surface area (Å²) in [4.78, 5) is 15.8. The summed E-state index contributed by atoms with van der Waals surface area (Å²) in [6.07, 6.45) is 2.09. The molecule has 1 aromatic carbocycles. The van der Waals surface area contributed by atoms with Crippen molar-refractivity contribution in [1.82, 2.24) is 10.2 Å². The van der Waals surface area contributed by atoms with Gasteiger partial charge >= 0.3 is 0 Å². The van der Waals surface area contributed by atoms with Gasteiger partial charge in [0, 0.05) is 31.1 Å². The third-order valence-electron chi connectivity index (χ3n) is 4.30. The van der Waals surface area contributed by atoms with Crippen molar-refractivity contribution in [2.75, 3.05) is 32.8 Å². The standard InChI is InChI=1S/C20H26N2O3S/c1-2-12-24-17-3-5-18(6-4-17)25-15-20(23)21-9-11-22-10-7-19-16(14-22)8-13-26-19/h3-6,8,13H,2,7,9-12,14-15H2,1H3,(H,21,23). The van der Waals surface area contributed by atoms with E-state index < -0.39 is 0 Å². The summed E-state index contributed by atoms with van der Waals surface area (Å²) in [6.45, 7) is 6.36. The number of hydrogen-bond acceptors (Lipinski definition) is 5. The molecular formula is C20H26N2O3S. The molecule has 0 radical (unpaired) electrons. The second-order valence-electron chi connectivity index (χ2n) is 6.35. The van der Waals surface area contributed by atoms with Crippen LogP contribution < -0.4 is 14.8 Å². The van der Waals surface area contributed by atoms with Gasteiger partial charge in [0.15, 0.2) is 6.61 Å². The van der Waals surface area contributed by atoms with Gasteiger partial charge in [0.2, 0.25) is 0 Å². The highest BCUT2D eigenvalue weighted by atomic mass is 32.1. The van der Waals surface area contributed by atoms with Gasteiger partial charge in [-0.25, -0.2) is 0 Å². The van der Waals surface area contributed by atoms with Crippen molar-refractivity contribution in [1.29, 1.82) is 0 Å². The van der Waals surface area contributed by atoms with Crippen LogP contribution in [0.3, 0.4) is 0 Å². The van der Waals surface area contributed by atoms with Gasteiger partial charge in [0.25, 0.3) is 5.91 Å². The Morgan fingerprint density at radius 2 is 1.96 bits per heavy atom. The minimum Gasteiger partial charge on any atom is -0.494 e. The average Bonchev–Trinajstić information content (AvgIpc) is 3.13. The van der Waals surface area contributed by atoms with Gasteiger partial charge in [-0.1, -0.05) is 6.92 Å². The number of carbonyl (C=O) groups is 1. The summed E-state index contributed by atoms with van der Waals surface area (Å²) in [7, 11) is 0. The molecule has 0 spiro atoms. The zero-order valence-electron chi connectivity index (χ0n) is 15.2. The molecule has 0 fully saturated rings. The molecule has 1 N–H and O–H groups in total. The van der Waals surface area contributed by atoms with E-state index in [1.807, 2.05) is 35.6 Å². The van der Waals surface area contributed by atoms with E-state index in [0.717, 1.165) is 38.2 Å². The van der Waals surface area contributed by atoms with Gasteiger partial charge in [-0.2, -0.15) is 0 Å². The Morgan fingerprint density at radius 1 is 1.19 bits per heavy atom. The Bertz CT molecular complexity index is 699. The molecule has 0 unspecified atom stereocenters. The van der Waals surface area contributed by atoms with Crippen LogP contribution in [0, 0.1) is 0 Å². The van der Waals surface area contributed by atoms with E-state index in [9.17, 15) is 4.79 Å². The summed E-state index contributed by atoms with van der Waals surface area (Å²) in [5.41, 5.74) is 1.43. The summed E-state index contributed by atoms with van der Waals surface area (Å²) in [6, 6.07) is 9.57. The predicted molar refractivity (Wildman–Crippen MR) is 104 cm³/mol. The average molecular weight is 375 g/mol. The van der Waals surface area contributed by atoms with Gasteiger partial charge in [-0.15, -0.1) is 11.3 Å². The molecule has 0 saturated heterocycles. The van der Waals surface area contributed by atoms with Crippen LogP contribution in [0.25, 0.3) is 0 Å². The molecule has 3 rings (SSSR count). The number of ether oxygens (including phenoxy) is 2. The topological polar surface area (TPSA) is 50.8 Å². The van der Waals surface area contributed by atoms with Gasteiger partial charge in [-0.3, -0.25) is 9.69 Å². The lowest BCUT2D eigenvalue weighted by atomic mass is 10.1. The van der Waals surface area contributed by atoms with Gasteiger partial charge < -0.3 is 14.8 Å². The number of fused-ring (bicyclic) bond motifs is 1. The van der Waals surface area contributed by atoms with Crippen LogP contribution in [0.5, 0.6) is 11.5 Å². The highest BCUT2D eigenvalue weighted by molar-refractivity contribution is 7.10. The van der Waals surface area contributed by atoms with Crippen molar-refractivity contribution in [2.45, 2.75) is 26.3 Å². The molecule has 140 valence electrons. The van der Waals surface area contributed by atoms with E-state index in [1.165, 1.54) is 10.4 Å². The first-order valence-electron chi connectivity index (χ1n) is 9.14. The van der Waals surface area contributed by atoms with Crippen molar-refractivity contribution < 1.29 is 14.3 Å². The fourth-order valence-corrected chi connectivity index (χ4v) is 3.79. The number of thiophene rings is 1. The van der Waals surface area contributed by atoms with Crippen LogP contribution in [0.15, 0.2) is 35.7 Å². The number of amides is 1. The van der Waals surface area contributed by atoms with E-state index in [0.29, 0.717) is 18.9 Å². The third-order valence-corrected chi connectivity index (χ3v) is 5.33. The Labute approximate surface area is 158 Å². The van der Waals surface area contributed by atoms with E-state index in [-0.39, 0.29) is 12.5 Å². The second-order valence-corrected chi connectivity index (χ2v) is 7.35. The smallest absolute Gasteiger partial charge is 0.257 e. The molecule has 1 amide bonds. The fraction of sp³-hybridized carbons (Fsp3) is 0.450. The lowest BCUT2D eigenvalue weighted by Crippen LogP contribution is -2.38. The molecular weight excluding hydrogens is 348 g/mol. The van der Waals surface area contributed by atoms with Crippen molar-refractivity contribution in [3.05, 3.63) is 46.2 Å². The van der Waals surface area contributed by atoms with Crippen LogP contribution in [0.1, 0.15) is 23.8 Å². The number of carbonyl (C=O) groups excluding carboxylic acids is 1. The lowest BCUT2D eigenvalue weighted by Gasteiger charge is -2.26. The van der Waals surface area contributed by atoms with Gasteiger partial charge in [0.1, 0.15) is 11.5 Å². The Balaban J connectivity index is 1.32.